The van der Waals surface area contributed by atoms with Gasteiger partial charge in [0.1, 0.15) is 23.7 Å². The van der Waals surface area contributed by atoms with Gasteiger partial charge in [0.25, 0.3) is 0 Å². The number of hydrogen-bond donors (Lipinski definition) is 1. The molecule has 1 aliphatic heterocycles. The van der Waals surface area contributed by atoms with Crippen LogP contribution in [0.5, 0.6) is 11.5 Å². The predicted octanol–water partition coefficient (Wildman–Crippen LogP) is 2.36. The maximum atomic E-state index is 12.3. The minimum absolute atomic E-state index is 0.0677. The van der Waals surface area contributed by atoms with E-state index in [1.54, 1.807) is 18.2 Å². The Morgan fingerprint density at radius 3 is 2.68 bits per heavy atom. The molecule has 0 bridgehead atoms. The van der Waals surface area contributed by atoms with E-state index in [0.29, 0.717) is 23.3 Å². The van der Waals surface area contributed by atoms with E-state index in [1.807, 2.05) is 12.1 Å². The van der Waals surface area contributed by atoms with Gasteiger partial charge in [0.05, 0.1) is 18.6 Å². The molecule has 0 saturated carbocycles. The predicted molar refractivity (Wildman–Crippen MR) is 94.4 cm³/mol. The van der Waals surface area contributed by atoms with E-state index in [9.17, 15) is 9.90 Å². The van der Waals surface area contributed by atoms with E-state index in [0.717, 1.165) is 43.6 Å². The van der Waals surface area contributed by atoms with E-state index in [4.69, 9.17) is 13.9 Å². The van der Waals surface area contributed by atoms with Crippen molar-refractivity contribution in [3.8, 4) is 11.5 Å². The summed E-state index contributed by atoms with van der Waals surface area (Å²) in [5, 5.41) is 11.6. The van der Waals surface area contributed by atoms with Crippen molar-refractivity contribution in [3.63, 3.8) is 0 Å². The normalized spacial score (nSPS) is 15.7. The molecular weight excluding hydrogens is 322 g/mol. The van der Waals surface area contributed by atoms with Crippen molar-refractivity contribution in [2.24, 2.45) is 0 Å². The van der Waals surface area contributed by atoms with Gasteiger partial charge in [-0.15, -0.1) is 0 Å². The molecule has 0 atom stereocenters. The van der Waals surface area contributed by atoms with Crippen LogP contribution in [0.25, 0.3) is 21.7 Å². The molecule has 1 N–H and O–H groups in total. The summed E-state index contributed by atoms with van der Waals surface area (Å²) in [5.74, 6) is 0.712. The second-order valence-corrected chi connectivity index (χ2v) is 6.08. The third-order valence-electron chi connectivity index (χ3n) is 4.45. The molecule has 1 aromatic heterocycles. The van der Waals surface area contributed by atoms with Crippen LogP contribution in [-0.4, -0.2) is 49.5 Å². The highest BCUT2D eigenvalue weighted by atomic mass is 16.5. The average Bonchev–Trinajstić information content (AvgIpc) is 2.63. The summed E-state index contributed by atoms with van der Waals surface area (Å²) in [5.41, 5.74) is -0.0646. The number of phenolic OH excluding ortho intramolecular Hbond substituents is 1. The number of benzene rings is 2. The third-order valence-corrected chi connectivity index (χ3v) is 4.45. The Balaban J connectivity index is 1.57. The van der Waals surface area contributed by atoms with Crippen LogP contribution in [-0.2, 0) is 4.74 Å². The van der Waals surface area contributed by atoms with Gasteiger partial charge >= 0.3 is 5.63 Å². The van der Waals surface area contributed by atoms with Crippen molar-refractivity contribution >= 4 is 21.7 Å². The van der Waals surface area contributed by atoms with Crippen LogP contribution in [0.15, 0.2) is 45.6 Å². The van der Waals surface area contributed by atoms with E-state index < -0.39 is 5.63 Å². The molecule has 6 nitrogen and oxygen atoms in total. The standard InChI is InChI=1S/C19H19NO5/c21-13-1-3-16-15-4-2-14(12-17(15)19(22)25-18(16)11-13)24-10-7-20-5-8-23-9-6-20/h1-4,11-12,21H,5-10H2. The van der Waals surface area contributed by atoms with Crippen molar-refractivity contribution in [3.05, 3.63) is 46.8 Å². The van der Waals surface area contributed by atoms with Crippen LogP contribution in [0.3, 0.4) is 0 Å². The Bertz CT molecular complexity index is 959. The average molecular weight is 341 g/mol. The van der Waals surface area contributed by atoms with Crippen molar-refractivity contribution in [1.29, 1.82) is 0 Å². The molecule has 1 aliphatic rings. The SMILES string of the molecule is O=c1oc2cc(O)ccc2c2ccc(OCCN3CCOCC3)cc12. The summed E-state index contributed by atoms with van der Waals surface area (Å²) in [6.45, 7) is 4.75. The molecule has 0 radical (unpaired) electrons. The zero-order valence-electron chi connectivity index (χ0n) is 13.7. The first-order valence-corrected chi connectivity index (χ1v) is 8.33. The Morgan fingerprint density at radius 1 is 1.04 bits per heavy atom. The second-order valence-electron chi connectivity index (χ2n) is 6.08. The van der Waals surface area contributed by atoms with Crippen molar-refractivity contribution < 1.29 is 19.0 Å². The molecule has 6 heteroatoms. The number of ether oxygens (including phenoxy) is 2. The number of aromatic hydroxyl groups is 1. The summed E-state index contributed by atoms with van der Waals surface area (Å²) in [4.78, 5) is 14.5. The smallest absolute Gasteiger partial charge is 0.344 e. The van der Waals surface area contributed by atoms with Crippen LogP contribution in [0.4, 0.5) is 0 Å². The minimum atomic E-state index is -0.438. The highest BCUT2D eigenvalue weighted by molar-refractivity contribution is 6.04. The highest BCUT2D eigenvalue weighted by Crippen LogP contribution is 2.28. The molecule has 130 valence electrons. The fourth-order valence-electron chi connectivity index (χ4n) is 3.11. The Morgan fingerprint density at radius 2 is 1.84 bits per heavy atom. The van der Waals surface area contributed by atoms with E-state index >= 15 is 0 Å². The topological polar surface area (TPSA) is 72.1 Å². The Hall–Kier alpha value is -2.57. The zero-order chi connectivity index (χ0) is 17.2. The lowest BCUT2D eigenvalue weighted by Gasteiger charge is -2.26. The number of fused-ring (bicyclic) bond motifs is 3. The van der Waals surface area contributed by atoms with Gasteiger partial charge in [0.2, 0.25) is 0 Å². The second kappa shape index (κ2) is 6.74. The van der Waals surface area contributed by atoms with Gasteiger partial charge in [-0.2, -0.15) is 0 Å². The van der Waals surface area contributed by atoms with Crippen LogP contribution in [0.2, 0.25) is 0 Å². The molecule has 0 spiro atoms. The van der Waals surface area contributed by atoms with Crippen molar-refractivity contribution in [1.82, 2.24) is 4.90 Å². The van der Waals surface area contributed by atoms with Crippen molar-refractivity contribution in [2.45, 2.75) is 0 Å². The number of hydrogen-bond acceptors (Lipinski definition) is 6. The first-order valence-electron chi connectivity index (χ1n) is 8.33. The lowest BCUT2D eigenvalue weighted by atomic mass is 10.1. The van der Waals surface area contributed by atoms with Crippen LogP contribution in [0.1, 0.15) is 0 Å². The molecule has 1 fully saturated rings. The summed E-state index contributed by atoms with van der Waals surface area (Å²) in [6, 6.07) is 10.2. The number of phenols is 1. The fourth-order valence-corrected chi connectivity index (χ4v) is 3.11. The quantitative estimate of drug-likeness (QED) is 0.580. The highest BCUT2D eigenvalue weighted by Gasteiger charge is 2.11. The van der Waals surface area contributed by atoms with E-state index in [2.05, 4.69) is 4.90 Å². The summed E-state index contributed by atoms with van der Waals surface area (Å²) in [6.07, 6.45) is 0. The Kier molecular flexibility index (Phi) is 4.29. The molecule has 0 aliphatic carbocycles. The number of morpholine rings is 1. The zero-order valence-corrected chi connectivity index (χ0v) is 13.7. The van der Waals surface area contributed by atoms with Crippen LogP contribution >= 0.6 is 0 Å². The number of nitrogens with zero attached hydrogens (tertiary/aromatic N) is 1. The first-order chi connectivity index (χ1) is 12.2. The first kappa shape index (κ1) is 15.9. The van der Waals surface area contributed by atoms with Gasteiger partial charge in [-0.1, -0.05) is 0 Å². The molecule has 3 aromatic rings. The maximum absolute atomic E-state index is 12.3. The summed E-state index contributed by atoms with van der Waals surface area (Å²) >= 11 is 0. The van der Waals surface area contributed by atoms with Crippen LogP contribution in [0, 0.1) is 0 Å². The molecular formula is C19H19NO5. The molecule has 4 rings (SSSR count). The van der Waals surface area contributed by atoms with Gasteiger partial charge in [-0.05, 0) is 30.3 Å². The molecule has 2 heterocycles. The van der Waals surface area contributed by atoms with E-state index in [1.165, 1.54) is 6.07 Å². The van der Waals surface area contributed by atoms with Crippen LogP contribution < -0.4 is 10.4 Å². The summed E-state index contributed by atoms with van der Waals surface area (Å²) < 4.78 is 16.4. The third kappa shape index (κ3) is 3.31. The lowest BCUT2D eigenvalue weighted by Crippen LogP contribution is -2.38. The maximum Gasteiger partial charge on any atom is 0.344 e. The largest absolute Gasteiger partial charge is 0.508 e. The van der Waals surface area contributed by atoms with Gasteiger partial charge in [0, 0.05) is 36.5 Å². The van der Waals surface area contributed by atoms with E-state index in [-0.39, 0.29) is 5.75 Å². The molecule has 1 saturated heterocycles. The van der Waals surface area contributed by atoms with Gasteiger partial charge in [-0.25, -0.2) is 4.79 Å². The lowest BCUT2D eigenvalue weighted by molar-refractivity contribution is 0.0322. The van der Waals surface area contributed by atoms with Gasteiger partial charge in [0.15, 0.2) is 0 Å². The number of rotatable bonds is 4. The molecule has 0 unspecified atom stereocenters. The fraction of sp³-hybridized carbons (Fsp3) is 0.316. The Labute approximate surface area is 144 Å². The van der Waals surface area contributed by atoms with Gasteiger partial charge < -0.3 is 19.0 Å². The van der Waals surface area contributed by atoms with Crippen molar-refractivity contribution in [2.75, 3.05) is 39.5 Å². The molecule has 0 amide bonds. The molecule has 2 aromatic carbocycles. The minimum Gasteiger partial charge on any atom is -0.508 e. The monoisotopic (exact) mass is 341 g/mol. The van der Waals surface area contributed by atoms with Gasteiger partial charge in [-0.3, -0.25) is 4.90 Å². The molecule has 25 heavy (non-hydrogen) atoms. The summed E-state index contributed by atoms with van der Waals surface area (Å²) in [7, 11) is 0.